The number of hydrogen-bond acceptors (Lipinski definition) is 13. The molecule has 4 aromatic carbocycles. The number of aliphatic hydroxyl groups is 1. The van der Waals surface area contributed by atoms with Gasteiger partial charge >= 0.3 is 14.1 Å². The highest BCUT2D eigenvalue weighted by atomic mass is 19.1. The van der Waals surface area contributed by atoms with Crippen LogP contribution >= 0.6 is 0 Å². The Morgan fingerprint density at radius 2 is 0.882 bits per heavy atom. The number of nitrogens with one attached hydrogen (secondary N) is 1. The highest BCUT2D eigenvalue weighted by molar-refractivity contribution is 6.58. The molecule has 0 radical (unpaired) electrons. The normalized spacial score (nSPS) is 25.0. The van der Waals surface area contributed by atoms with Crippen LogP contribution in [0.5, 0.6) is 0 Å². The molecule has 0 saturated heterocycles. The maximum Gasteiger partial charge on any atom is 0.812 e. The van der Waals surface area contributed by atoms with Crippen molar-refractivity contribution in [1.82, 2.24) is 5.48 Å². The number of amidine groups is 1. The lowest BCUT2D eigenvalue weighted by Gasteiger charge is -2.32. The number of fused-ring (bicyclic) bond motifs is 10. The van der Waals surface area contributed by atoms with Crippen molar-refractivity contribution in [3.05, 3.63) is 144 Å². The van der Waals surface area contributed by atoms with Gasteiger partial charge in [0, 0.05) is 22.3 Å². The molecule has 0 aliphatic carbocycles. The largest absolute Gasteiger partial charge is 0.812 e. The van der Waals surface area contributed by atoms with Gasteiger partial charge in [-0.25, -0.2) is 0 Å². The molecule has 3 aliphatic heterocycles. The first-order valence-electron chi connectivity index (χ1n) is 15.6. The Morgan fingerprint density at radius 3 is 1.24 bits per heavy atom. The van der Waals surface area contributed by atoms with Crippen LogP contribution in [0.15, 0.2) is 152 Å². The summed E-state index contributed by atoms with van der Waals surface area (Å²) in [5.74, 6) is -0.325. The van der Waals surface area contributed by atoms with Crippen LogP contribution in [0.1, 0.15) is 29.2 Å². The minimum absolute atomic E-state index is 0.148. The smallest absolute Gasteiger partial charge is 0.521 e. The fourth-order valence-corrected chi connectivity index (χ4v) is 4.59. The van der Waals surface area contributed by atoms with E-state index in [0.717, 1.165) is 0 Å². The first-order chi connectivity index (χ1) is 24.9. The predicted octanol–water partition coefficient (Wildman–Crippen LogP) is 4.81. The Labute approximate surface area is 290 Å². The lowest BCUT2D eigenvalue weighted by Crippen LogP contribution is -2.48. The molecule has 7 rings (SSSR count). The number of halogens is 2. The minimum Gasteiger partial charge on any atom is -0.521 e. The third-order valence-corrected chi connectivity index (χ3v) is 7.04. The van der Waals surface area contributed by atoms with E-state index in [4.69, 9.17) is 28.5 Å². The minimum atomic E-state index is -4.55. The van der Waals surface area contributed by atoms with E-state index < -0.39 is 20.7 Å². The van der Waals surface area contributed by atoms with Gasteiger partial charge in [-0.3, -0.25) is 10.5 Å². The van der Waals surface area contributed by atoms with E-state index in [0.29, 0.717) is 22.3 Å². The molecule has 51 heavy (non-hydrogen) atoms. The Kier molecular flexibility index (Phi) is 10.7. The van der Waals surface area contributed by atoms with Crippen LogP contribution in [-0.2, 0) is 28.5 Å². The molecule has 3 aliphatic rings. The van der Waals surface area contributed by atoms with E-state index in [1.54, 1.807) is 121 Å². The molecule has 0 amide bonds. The molecule has 18 heteroatoms. The molecule has 0 spiro atoms. The van der Waals surface area contributed by atoms with Gasteiger partial charge < -0.3 is 42.3 Å². The lowest BCUT2D eigenvalue weighted by molar-refractivity contribution is 0.00424. The molecule has 0 saturated carbocycles. The van der Waals surface area contributed by atoms with Gasteiger partial charge in [-0.05, 0) is 6.92 Å². The van der Waals surface area contributed by atoms with Gasteiger partial charge in [0.25, 0.3) is 0 Å². The predicted molar refractivity (Wildman–Crippen MR) is 188 cm³/mol. The van der Waals surface area contributed by atoms with E-state index in [1.807, 2.05) is 0 Å². The summed E-state index contributed by atoms with van der Waals surface area (Å²) in [6.07, 6.45) is 0. The summed E-state index contributed by atoms with van der Waals surface area (Å²) in [5, 5.41) is 29.5. The summed E-state index contributed by atoms with van der Waals surface area (Å²) >= 11 is 0. The second-order valence-electron chi connectivity index (χ2n) is 10.7. The zero-order valence-electron chi connectivity index (χ0n) is 27.0. The first-order valence-corrected chi connectivity index (χ1v) is 15.6. The number of benzene rings is 4. The Bertz CT molecular complexity index is 1880. The number of rotatable bonds is 6. The van der Waals surface area contributed by atoms with Crippen molar-refractivity contribution in [2.75, 3.05) is 13.2 Å². The lowest BCUT2D eigenvalue weighted by atomic mass is 10.00. The third-order valence-electron chi connectivity index (χ3n) is 7.04. The van der Waals surface area contributed by atoms with Gasteiger partial charge in [-0.15, -0.1) is 25.8 Å². The van der Waals surface area contributed by atoms with Crippen molar-refractivity contribution in [3.8, 4) is 0 Å². The van der Waals surface area contributed by atoms with Gasteiger partial charge in [-0.2, -0.15) is 0 Å². The highest BCUT2D eigenvalue weighted by Gasteiger charge is 2.43. The average molecular weight is 695 g/mol. The zero-order chi connectivity index (χ0) is 35.5. The van der Waals surface area contributed by atoms with Crippen LogP contribution < -0.4 is 5.48 Å². The summed E-state index contributed by atoms with van der Waals surface area (Å²) in [5.41, 5.74) is 2.79. The number of hydrogen-bond donors (Lipinski definition) is 2. The quantitative estimate of drug-likeness (QED) is 0.272. The van der Waals surface area contributed by atoms with Crippen LogP contribution in [0.3, 0.4) is 0 Å². The van der Waals surface area contributed by atoms with Crippen molar-refractivity contribution < 1.29 is 42.3 Å². The van der Waals surface area contributed by atoms with Gasteiger partial charge in [0.2, 0.25) is 0 Å². The molecule has 3 heterocycles. The molecule has 0 aromatic heterocycles. The standard InChI is InChI=1S/C33H29B2F2N7O7/c1-24-33(38-22-23-45)44-51-35(37)49-42-31(27-18-10-4-11-19-27)29(25-14-6-2-7-15-25)40-47-34(36,46-39-24)48-41-30(26-16-8-3-9-17-26)32(43-50-35)28-20-12-5-13-21-28/h2-21,45H,22-23H2,1H3,(H,38,44)/q-2/b39-24-,40-29-,41-30?,42-31?,43-32-. The van der Waals surface area contributed by atoms with Gasteiger partial charge in [0.15, 0.2) is 5.84 Å². The van der Waals surface area contributed by atoms with E-state index >= 15 is 8.63 Å². The number of nitrogens with zero attached hydrogens (tertiary/aromatic N) is 6. The summed E-state index contributed by atoms with van der Waals surface area (Å²) in [6, 6.07) is 33.4. The fraction of sp³-hybridized carbons (Fsp3) is 0.0909. The van der Waals surface area contributed by atoms with E-state index in [9.17, 15) is 5.11 Å². The Morgan fingerprint density at radius 1 is 0.549 bits per heavy atom. The Balaban J connectivity index is 1.63. The van der Waals surface area contributed by atoms with Gasteiger partial charge in [-0.1, -0.05) is 121 Å². The molecule has 4 aromatic rings. The maximum absolute atomic E-state index is 17.0. The van der Waals surface area contributed by atoms with Crippen molar-refractivity contribution in [2.24, 2.45) is 30.8 Å². The molecular weight excluding hydrogens is 666 g/mol. The van der Waals surface area contributed by atoms with Crippen LogP contribution in [0.2, 0.25) is 0 Å². The summed E-state index contributed by atoms with van der Waals surface area (Å²) in [6.45, 7) is 0.697. The van der Waals surface area contributed by atoms with Gasteiger partial charge in [0.1, 0.15) is 28.6 Å². The number of oxime groups is 5. The summed E-state index contributed by atoms with van der Waals surface area (Å²) < 4.78 is 66.2. The number of hydroxylamine groups is 1. The average Bonchev–Trinajstić information content (AvgIpc) is 3.17. The first kappa shape index (κ1) is 34.5. The maximum atomic E-state index is 17.0. The molecule has 2 N–H and O–H groups in total. The van der Waals surface area contributed by atoms with E-state index in [-0.39, 0.29) is 40.9 Å². The molecule has 2 bridgehead atoms. The van der Waals surface area contributed by atoms with Crippen molar-refractivity contribution in [1.29, 1.82) is 0 Å². The molecule has 14 nitrogen and oxygen atoms in total. The molecular formula is C33H29B2F2N7O7-2. The second-order valence-corrected chi connectivity index (χ2v) is 10.7. The number of aliphatic hydroxyl groups excluding tert-OH is 1. The van der Waals surface area contributed by atoms with Gasteiger partial charge in [0.05, 0.1) is 13.2 Å². The second kappa shape index (κ2) is 15.9. The molecule has 2 atom stereocenters. The summed E-state index contributed by atoms with van der Waals surface area (Å²) in [7, 11) is -9.09. The monoisotopic (exact) mass is 695 g/mol. The number of aliphatic imine (C=N–C) groups is 1. The van der Waals surface area contributed by atoms with Crippen molar-refractivity contribution >= 4 is 48.5 Å². The van der Waals surface area contributed by atoms with Crippen LogP contribution in [-0.4, -0.2) is 66.7 Å². The van der Waals surface area contributed by atoms with E-state index in [2.05, 4.69) is 36.3 Å². The third kappa shape index (κ3) is 8.62. The zero-order valence-corrected chi connectivity index (χ0v) is 27.0. The van der Waals surface area contributed by atoms with Crippen LogP contribution in [0, 0.1) is 0 Å². The van der Waals surface area contributed by atoms with Crippen molar-refractivity contribution in [2.45, 2.75) is 6.92 Å². The summed E-state index contributed by atoms with van der Waals surface area (Å²) in [4.78, 5) is 4.04. The molecule has 0 fully saturated rings. The Hall–Kier alpha value is -6.39. The molecule has 2 unspecified atom stereocenters. The topological polar surface area (TPSA) is 162 Å². The molecule has 260 valence electrons. The van der Waals surface area contributed by atoms with Crippen LogP contribution in [0.4, 0.5) is 8.63 Å². The highest BCUT2D eigenvalue weighted by Crippen LogP contribution is 2.22. The van der Waals surface area contributed by atoms with Crippen molar-refractivity contribution in [3.63, 3.8) is 0 Å². The van der Waals surface area contributed by atoms with E-state index in [1.165, 1.54) is 6.92 Å². The van der Waals surface area contributed by atoms with Crippen LogP contribution in [0.25, 0.3) is 0 Å². The fourth-order valence-electron chi connectivity index (χ4n) is 4.59. The SMILES string of the molecule is C/C1=N/O[B-]2(F)ON=C(c3ccccc3)/C(c3ccccc3)=N\O[B-](F)(ON=C(c3ccccc3)/C(c3ccccc3)=N\O2)ONC1=NCCO.